The van der Waals surface area contributed by atoms with Gasteiger partial charge in [-0.05, 0) is 62.4 Å². The second-order valence-electron chi connectivity index (χ2n) is 11.9. The van der Waals surface area contributed by atoms with E-state index in [-0.39, 0.29) is 5.41 Å². The summed E-state index contributed by atoms with van der Waals surface area (Å²) in [7, 11) is 0. The number of nitrogens with zero attached hydrogens (tertiary/aromatic N) is 2. The van der Waals surface area contributed by atoms with Crippen LogP contribution in [0.5, 0.6) is 0 Å². The molecule has 43 heavy (non-hydrogen) atoms. The minimum Gasteiger partial charge on any atom is -0.228 e. The molecule has 2 heteroatoms. The summed E-state index contributed by atoms with van der Waals surface area (Å²) in [6, 6.07) is 51.7. The molecule has 0 N–H and O–H groups in total. The van der Waals surface area contributed by atoms with Gasteiger partial charge in [-0.1, -0.05) is 141 Å². The molecule has 0 radical (unpaired) electrons. The highest BCUT2D eigenvalue weighted by atomic mass is 14.9. The summed E-state index contributed by atoms with van der Waals surface area (Å²) in [5, 5.41) is 2.61. The second-order valence-corrected chi connectivity index (χ2v) is 11.9. The van der Waals surface area contributed by atoms with E-state index in [1.807, 2.05) is 12.1 Å². The van der Waals surface area contributed by atoms with Crippen molar-refractivity contribution in [1.29, 1.82) is 0 Å². The first-order chi connectivity index (χ1) is 21.1. The lowest BCUT2D eigenvalue weighted by molar-refractivity contribution is 0.661. The maximum atomic E-state index is 5.06. The van der Waals surface area contributed by atoms with Gasteiger partial charge in [0, 0.05) is 22.1 Å². The van der Waals surface area contributed by atoms with E-state index in [1.165, 1.54) is 38.6 Å². The number of aromatic nitrogens is 2. The van der Waals surface area contributed by atoms with Gasteiger partial charge in [-0.2, -0.15) is 0 Å². The summed E-state index contributed by atoms with van der Waals surface area (Å²) in [6.07, 6.45) is 0. The smallest absolute Gasteiger partial charge is 0.160 e. The van der Waals surface area contributed by atoms with Gasteiger partial charge in [-0.25, -0.2) is 9.97 Å². The third-order valence-corrected chi connectivity index (χ3v) is 8.88. The van der Waals surface area contributed by atoms with Gasteiger partial charge >= 0.3 is 0 Å². The van der Waals surface area contributed by atoms with Crippen molar-refractivity contribution in [2.24, 2.45) is 0 Å². The number of fused-ring (bicyclic) bond motifs is 5. The minimum absolute atomic E-state index is 0.0833. The Morgan fingerprint density at radius 1 is 0.442 bits per heavy atom. The zero-order valence-corrected chi connectivity index (χ0v) is 24.3. The van der Waals surface area contributed by atoms with Gasteiger partial charge in [0.15, 0.2) is 5.82 Å². The van der Waals surface area contributed by atoms with Crippen LogP contribution in [-0.2, 0) is 5.41 Å². The van der Waals surface area contributed by atoms with Gasteiger partial charge in [0.1, 0.15) is 0 Å². The van der Waals surface area contributed by atoms with E-state index in [4.69, 9.17) is 9.97 Å². The average molecular weight is 551 g/mol. The first-order valence-corrected chi connectivity index (χ1v) is 14.8. The maximum Gasteiger partial charge on any atom is 0.160 e. The largest absolute Gasteiger partial charge is 0.228 e. The third kappa shape index (κ3) is 4.26. The van der Waals surface area contributed by atoms with Crippen LogP contribution >= 0.6 is 0 Å². The molecule has 1 aromatic heterocycles. The first-order valence-electron chi connectivity index (χ1n) is 14.8. The predicted molar refractivity (Wildman–Crippen MR) is 179 cm³/mol. The van der Waals surface area contributed by atoms with Crippen LogP contribution in [0.15, 0.2) is 146 Å². The summed E-state index contributed by atoms with van der Waals surface area (Å²) in [4.78, 5) is 10.1. The van der Waals surface area contributed by atoms with Gasteiger partial charge in [0.25, 0.3) is 0 Å². The summed E-state index contributed by atoms with van der Waals surface area (Å²) in [5.41, 5.74) is 12.7. The molecule has 8 rings (SSSR count). The fraction of sp³-hybridized carbons (Fsp3) is 0.0732. The molecule has 0 unspecified atom stereocenters. The van der Waals surface area contributed by atoms with E-state index < -0.39 is 0 Å². The predicted octanol–water partition coefficient (Wildman–Crippen LogP) is 10.6. The summed E-state index contributed by atoms with van der Waals surface area (Å²) in [5.74, 6) is 0.724. The SMILES string of the molecule is CC1(C)c2cc(-c3cccc(-c4nc(-c5ccccc5)cc(-c5ccccc5)n4)c3)ccc2-c2c1ccc1ccccc21. The third-order valence-electron chi connectivity index (χ3n) is 8.88. The van der Waals surface area contributed by atoms with Crippen LogP contribution < -0.4 is 0 Å². The summed E-state index contributed by atoms with van der Waals surface area (Å²) in [6.45, 7) is 4.70. The molecular weight excluding hydrogens is 520 g/mol. The van der Waals surface area contributed by atoms with Gasteiger partial charge in [-0.3, -0.25) is 0 Å². The number of benzene rings is 6. The lowest BCUT2D eigenvalue weighted by atomic mass is 9.81. The van der Waals surface area contributed by atoms with Crippen molar-refractivity contribution in [3.8, 4) is 56.2 Å². The van der Waals surface area contributed by atoms with E-state index >= 15 is 0 Å². The van der Waals surface area contributed by atoms with Crippen molar-refractivity contribution in [2.45, 2.75) is 19.3 Å². The lowest BCUT2D eigenvalue weighted by Gasteiger charge is -2.22. The average Bonchev–Trinajstić information content (AvgIpc) is 3.31. The highest BCUT2D eigenvalue weighted by Gasteiger charge is 2.36. The Hall–Kier alpha value is -5.34. The van der Waals surface area contributed by atoms with Crippen molar-refractivity contribution < 1.29 is 0 Å². The van der Waals surface area contributed by atoms with Crippen LogP contribution in [-0.4, -0.2) is 9.97 Å². The van der Waals surface area contributed by atoms with Gasteiger partial charge in [-0.15, -0.1) is 0 Å². The standard InChI is InChI=1S/C41H30N2/c1-41(2)35-23-21-27-12-9-10-19-33(27)39(35)34-22-20-31(25-36(34)41)30-17-11-18-32(24-30)40-42-37(28-13-5-3-6-14-28)26-38(43-40)29-15-7-4-8-16-29/h3-26H,1-2H3. The Balaban J connectivity index is 1.24. The maximum absolute atomic E-state index is 5.06. The Bertz CT molecular complexity index is 2090. The highest BCUT2D eigenvalue weighted by Crippen LogP contribution is 2.52. The van der Waals surface area contributed by atoms with Crippen molar-refractivity contribution in [1.82, 2.24) is 9.97 Å². The molecule has 0 atom stereocenters. The van der Waals surface area contributed by atoms with Crippen molar-refractivity contribution in [3.63, 3.8) is 0 Å². The fourth-order valence-electron chi connectivity index (χ4n) is 6.61. The molecule has 1 aliphatic rings. The van der Waals surface area contributed by atoms with Crippen LogP contribution in [0, 0.1) is 0 Å². The minimum atomic E-state index is -0.0833. The Morgan fingerprint density at radius 3 is 1.77 bits per heavy atom. The fourth-order valence-corrected chi connectivity index (χ4v) is 6.61. The molecule has 7 aromatic rings. The van der Waals surface area contributed by atoms with E-state index in [0.717, 1.165) is 39.5 Å². The van der Waals surface area contributed by atoms with Crippen LogP contribution in [0.25, 0.3) is 66.9 Å². The van der Waals surface area contributed by atoms with E-state index in [0.29, 0.717) is 0 Å². The van der Waals surface area contributed by atoms with E-state index in [1.54, 1.807) is 0 Å². The topological polar surface area (TPSA) is 25.8 Å². The quantitative estimate of drug-likeness (QED) is 0.218. The first kappa shape index (κ1) is 25.4. The molecule has 1 aliphatic carbocycles. The van der Waals surface area contributed by atoms with Crippen LogP contribution in [0.2, 0.25) is 0 Å². The number of hydrogen-bond donors (Lipinski definition) is 0. The Morgan fingerprint density at radius 2 is 1.05 bits per heavy atom. The van der Waals surface area contributed by atoms with Gasteiger partial charge in [0.2, 0.25) is 0 Å². The van der Waals surface area contributed by atoms with Crippen LogP contribution in [0.1, 0.15) is 25.0 Å². The molecule has 0 bridgehead atoms. The molecule has 1 heterocycles. The zero-order chi connectivity index (χ0) is 29.0. The van der Waals surface area contributed by atoms with Crippen molar-refractivity contribution in [2.75, 3.05) is 0 Å². The van der Waals surface area contributed by atoms with E-state index in [2.05, 4.69) is 147 Å². The van der Waals surface area contributed by atoms with Gasteiger partial charge in [0.05, 0.1) is 11.4 Å². The van der Waals surface area contributed by atoms with Crippen molar-refractivity contribution >= 4 is 10.8 Å². The molecule has 0 fully saturated rings. The normalized spacial score (nSPS) is 13.1. The lowest BCUT2D eigenvalue weighted by Crippen LogP contribution is -2.15. The molecule has 0 saturated heterocycles. The van der Waals surface area contributed by atoms with Gasteiger partial charge < -0.3 is 0 Å². The van der Waals surface area contributed by atoms with Crippen LogP contribution in [0.3, 0.4) is 0 Å². The molecule has 0 saturated carbocycles. The Kier molecular flexibility index (Phi) is 5.84. The number of hydrogen-bond acceptors (Lipinski definition) is 2. The summed E-state index contributed by atoms with van der Waals surface area (Å²) >= 11 is 0. The monoisotopic (exact) mass is 550 g/mol. The highest BCUT2D eigenvalue weighted by molar-refractivity contribution is 6.02. The molecule has 6 aromatic carbocycles. The molecule has 0 spiro atoms. The van der Waals surface area contributed by atoms with Crippen LogP contribution in [0.4, 0.5) is 0 Å². The molecule has 0 amide bonds. The second kappa shape index (κ2) is 9.89. The van der Waals surface area contributed by atoms with E-state index in [9.17, 15) is 0 Å². The molecule has 204 valence electrons. The molecular formula is C41H30N2. The Labute approximate surface area is 252 Å². The summed E-state index contributed by atoms with van der Waals surface area (Å²) < 4.78 is 0. The number of rotatable bonds is 4. The zero-order valence-electron chi connectivity index (χ0n) is 24.3. The van der Waals surface area contributed by atoms with Crippen molar-refractivity contribution in [3.05, 3.63) is 157 Å². The molecule has 2 nitrogen and oxygen atoms in total. The molecule has 0 aliphatic heterocycles.